The van der Waals surface area contributed by atoms with Gasteiger partial charge in [-0.25, -0.2) is 36.7 Å². The summed E-state index contributed by atoms with van der Waals surface area (Å²) in [5, 5.41) is 18.9. The van der Waals surface area contributed by atoms with Crippen LogP contribution < -0.4 is 10.5 Å². The number of sulfonamides is 1. The SMILES string of the molecule is C[C@@H]1CO[C@@](O)(c2cc(F)cc(F)c2)[C@H](C)N1C(=O)OCOC(=O)COC(=O)c1cc(S(N)(=O)=O)c(Cl)cc1NCc1ccco1. The van der Waals surface area contributed by atoms with E-state index in [9.17, 15) is 36.7 Å². The summed E-state index contributed by atoms with van der Waals surface area (Å²) < 4.78 is 77.0. The number of esters is 2. The molecule has 0 spiro atoms. The maximum Gasteiger partial charge on any atom is 0.413 e. The molecule has 0 bridgehead atoms. The highest BCUT2D eigenvalue weighted by atomic mass is 35.5. The summed E-state index contributed by atoms with van der Waals surface area (Å²) in [4.78, 5) is 38.5. The van der Waals surface area contributed by atoms with Crippen molar-refractivity contribution < 1.29 is 60.1 Å². The zero-order chi connectivity index (χ0) is 33.8. The van der Waals surface area contributed by atoms with Gasteiger partial charge in [0.05, 0.1) is 47.8 Å². The van der Waals surface area contributed by atoms with Gasteiger partial charge in [-0.2, -0.15) is 0 Å². The average molecular weight is 688 g/mol. The standard InChI is InChI=1S/C28H28ClF2N3O11S/c1-15-12-45-28(38,17-6-18(30)8-19(31)7-17)16(2)34(15)27(37)44-14-43-25(35)13-42-26(36)21-9-24(46(32,39)40)22(29)10-23(21)33-11-20-4-3-5-41-20/h3-10,15-16,33,38H,11-14H2,1-2H3,(H2,32,39,40)/t15-,16+,28-/m1/s1. The van der Waals surface area contributed by atoms with Crippen molar-refractivity contribution in [3.63, 3.8) is 0 Å². The molecule has 4 N–H and O–H groups in total. The van der Waals surface area contributed by atoms with E-state index in [1.165, 1.54) is 13.2 Å². The normalized spacial score (nSPS) is 19.8. The molecule has 1 fully saturated rings. The number of halogens is 3. The number of amides is 1. The second-order valence-corrected chi connectivity index (χ2v) is 12.0. The minimum Gasteiger partial charge on any atom is -0.467 e. The number of benzene rings is 2. The predicted molar refractivity (Wildman–Crippen MR) is 154 cm³/mol. The van der Waals surface area contributed by atoms with Crippen molar-refractivity contribution in [1.29, 1.82) is 0 Å². The van der Waals surface area contributed by atoms with Crippen molar-refractivity contribution in [3.05, 3.63) is 82.3 Å². The van der Waals surface area contributed by atoms with Crippen LogP contribution in [0.3, 0.4) is 0 Å². The number of furan rings is 1. The zero-order valence-electron chi connectivity index (χ0n) is 24.2. The highest BCUT2D eigenvalue weighted by Crippen LogP contribution is 2.36. The molecule has 14 nitrogen and oxygen atoms in total. The number of carbonyl (C=O) groups is 3. The van der Waals surface area contributed by atoms with E-state index in [2.05, 4.69) is 5.32 Å². The quantitative estimate of drug-likeness (QED) is 0.208. The van der Waals surface area contributed by atoms with Crippen LogP contribution in [0.15, 0.2) is 58.0 Å². The second kappa shape index (κ2) is 14.0. The molecule has 1 aliphatic rings. The number of nitrogens with one attached hydrogen (secondary N) is 1. The van der Waals surface area contributed by atoms with Gasteiger partial charge in [-0.1, -0.05) is 11.6 Å². The predicted octanol–water partition coefficient (Wildman–Crippen LogP) is 3.22. The minimum absolute atomic E-state index is 0.0378. The van der Waals surface area contributed by atoms with Gasteiger partial charge in [0.2, 0.25) is 22.6 Å². The molecule has 1 amide bonds. The van der Waals surface area contributed by atoms with Crippen LogP contribution in [0.5, 0.6) is 0 Å². The number of rotatable bonds is 10. The van der Waals surface area contributed by atoms with Gasteiger partial charge in [0.15, 0.2) is 6.61 Å². The van der Waals surface area contributed by atoms with Crippen LogP contribution in [0.2, 0.25) is 5.02 Å². The van der Waals surface area contributed by atoms with Gasteiger partial charge < -0.3 is 33.8 Å². The molecule has 3 aromatic rings. The molecule has 1 aromatic heterocycles. The van der Waals surface area contributed by atoms with E-state index in [0.717, 1.165) is 29.2 Å². The molecule has 0 saturated carbocycles. The van der Waals surface area contributed by atoms with E-state index in [4.69, 9.17) is 40.1 Å². The fourth-order valence-corrected chi connectivity index (χ4v) is 5.69. The number of nitrogens with two attached hydrogens (primary N) is 1. The lowest BCUT2D eigenvalue weighted by Gasteiger charge is -2.47. The van der Waals surface area contributed by atoms with Crippen LogP contribution in [0, 0.1) is 11.6 Å². The molecular weight excluding hydrogens is 660 g/mol. The van der Waals surface area contributed by atoms with Gasteiger partial charge >= 0.3 is 18.0 Å². The van der Waals surface area contributed by atoms with Crippen LogP contribution in [0.1, 0.15) is 35.5 Å². The monoisotopic (exact) mass is 687 g/mol. The first-order valence-corrected chi connectivity index (χ1v) is 15.3. The Morgan fingerprint density at radius 3 is 2.46 bits per heavy atom. The first-order valence-electron chi connectivity index (χ1n) is 13.3. The topological polar surface area (TPSA) is 197 Å². The van der Waals surface area contributed by atoms with Crippen LogP contribution in [-0.2, 0) is 46.1 Å². The van der Waals surface area contributed by atoms with Crippen LogP contribution in [-0.4, -0.2) is 68.5 Å². The number of hydrogen-bond donors (Lipinski definition) is 3. The highest BCUT2D eigenvalue weighted by Gasteiger charge is 2.49. The third kappa shape index (κ3) is 7.91. The second-order valence-electron chi connectivity index (χ2n) is 10.0. The Balaban J connectivity index is 1.36. The summed E-state index contributed by atoms with van der Waals surface area (Å²) in [5.41, 5.74) is -0.567. The smallest absolute Gasteiger partial charge is 0.413 e. The zero-order valence-corrected chi connectivity index (χ0v) is 25.8. The molecule has 0 unspecified atom stereocenters. The fraction of sp³-hybridized carbons (Fsp3) is 0.321. The van der Waals surface area contributed by atoms with Crippen molar-refractivity contribution >= 4 is 45.3 Å². The Morgan fingerprint density at radius 2 is 1.83 bits per heavy atom. The fourth-order valence-electron chi connectivity index (χ4n) is 4.59. The molecule has 248 valence electrons. The molecule has 0 aliphatic carbocycles. The first kappa shape index (κ1) is 34.6. The van der Waals surface area contributed by atoms with E-state index in [1.54, 1.807) is 19.1 Å². The Morgan fingerprint density at radius 1 is 1.13 bits per heavy atom. The number of anilines is 1. The summed E-state index contributed by atoms with van der Waals surface area (Å²) in [6.07, 6.45) is 0.357. The molecule has 1 aliphatic heterocycles. The van der Waals surface area contributed by atoms with Crippen LogP contribution >= 0.6 is 11.6 Å². The molecule has 46 heavy (non-hydrogen) atoms. The summed E-state index contributed by atoms with van der Waals surface area (Å²) in [6.45, 7) is 0.844. The summed E-state index contributed by atoms with van der Waals surface area (Å²) in [6, 6.07) is 5.73. The number of hydrogen-bond acceptors (Lipinski definition) is 12. The number of ether oxygens (including phenoxy) is 4. The lowest BCUT2D eigenvalue weighted by molar-refractivity contribution is -0.280. The Kier molecular flexibility index (Phi) is 10.5. The van der Waals surface area contributed by atoms with E-state index in [0.29, 0.717) is 11.8 Å². The van der Waals surface area contributed by atoms with Gasteiger partial charge in [-0.3, -0.25) is 4.90 Å². The summed E-state index contributed by atoms with van der Waals surface area (Å²) >= 11 is 6.05. The first-order chi connectivity index (χ1) is 21.6. The lowest BCUT2D eigenvalue weighted by atomic mass is 9.94. The molecular formula is C28H28ClF2N3O11S. The Hall–Kier alpha value is -4.29. The lowest BCUT2D eigenvalue weighted by Crippen LogP contribution is -2.62. The largest absolute Gasteiger partial charge is 0.467 e. The summed E-state index contributed by atoms with van der Waals surface area (Å²) in [5.74, 6) is -6.07. The molecule has 2 heterocycles. The number of carbonyl (C=O) groups excluding carboxylic acids is 3. The number of morpholine rings is 1. The van der Waals surface area contributed by atoms with E-state index in [1.807, 2.05) is 0 Å². The van der Waals surface area contributed by atoms with E-state index < -0.39 is 75.9 Å². The Bertz CT molecular complexity index is 1710. The van der Waals surface area contributed by atoms with Crippen molar-refractivity contribution in [3.8, 4) is 0 Å². The molecule has 3 atom stereocenters. The van der Waals surface area contributed by atoms with Crippen molar-refractivity contribution in [2.75, 3.05) is 25.3 Å². The van der Waals surface area contributed by atoms with Crippen LogP contribution in [0.4, 0.5) is 19.3 Å². The third-order valence-electron chi connectivity index (χ3n) is 6.85. The average Bonchev–Trinajstić information content (AvgIpc) is 3.50. The van der Waals surface area contributed by atoms with Crippen LogP contribution in [0.25, 0.3) is 0 Å². The van der Waals surface area contributed by atoms with Crippen molar-refractivity contribution in [2.45, 2.75) is 43.2 Å². The molecule has 4 rings (SSSR count). The van der Waals surface area contributed by atoms with Gasteiger partial charge in [0, 0.05) is 11.6 Å². The Labute approximate surface area is 265 Å². The van der Waals surface area contributed by atoms with Crippen molar-refractivity contribution in [1.82, 2.24) is 4.90 Å². The number of nitrogens with zero attached hydrogens (tertiary/aromatic N) is 1. The maximum atomic E-state index is 13.8. The highest BCUT2D eigenvalue weighted by molar-refractivity contribution is 7.89. The molecule has 2 aromatic carbocycles. The van der Waals surface area contributed by atoms with Gasteiger partial charge in [-0.05, 0) is 50.2 Å². The van der Waals surface area contributed by atoms with E-state index >= 15 is 0 Å². The maximum absolute atomic E-state index is 13.8. The third-order valence-corrected chi connectivity index (χ3v) is 8.22. The molecule has 1 saturated heterocycles. The van der Waals surface area contributed by atoms with Gasteiger partial charge in [-0.15, -0.1) is 0 Å². The molecule has 0 radical (unpaired) electrons. The number of aliphatic hydroxyl groups is 1. The number of primary sulfonamides is 1. The summed E-state index contributed by atoms with van der Waals surface area (Å²) in [7, 11) is -4.35. The van der Waals surface area contributed by atoms with Gasteiger partial charge in [0.1, 0.15) is 22.3 Å². The van der Waals surface area contributed by atoms with Gasteiger partial charge in [0.25, 0.3) is 0 Å². The van der Waals surface area contributed by atoms with Crippen molar-refractivity contribution in [2.24, 2.45) is 5.14 Å². The minimum atomic E-state index is -4.35. The molecule has 18 heteroatoms. The van der Waals surface area contributed by atoms with E-state index in [-0.39, 0.29) is 35.0 Å².